The number of benzene rings is 3. The van der Waals surface area contributed by atoms with Crippen LogP contribution in [0, 0.1) is 11.8 Å². The molecule has 3 aliphatic rings. The lowest BCUT2D eigenvalue weighted by molar-refractivity contribution is -0.572. The van der Waals surface area contributed by atoms with E-state index in [2.05, 4.69) is 17.6 Å². The Labute approximate surface area is 252 Å². The molecule has 7 heteroatoms. The van der Waals surface area contributed by atoms with Crippen LogP contribution in [0.3, 0.4) is 0 Å². The van der Waals surface area contributed by atoms with Crippen molar-refractivity contribution in [1.29, 1.82) is 0 Å². The zero-order valence-electron chi connectivity index (χ0n) is 24.3. The number of pyridine rings is 1. The summed E-state index contributed by atoms with van der Waals surface area (Å²) in [6, 6.07) is 26.3. The number of carbonyl (C=O) groups is 1. The number of para-hydroxylation sites is 1. The standard InChI is InChI=1S/C36H36N2O5/c1-3-25-24-37-19-16-27(25)22-33(37)35(43-36(40)26-10-6-4-7-11-26)30-17-20-38(32-15-14-29(41-2)23-31(30)32)34(39)18-21-42-28-12-8-5-9-13-28/h3-15,17-18,20,23,25,27,33,35H,1,16,19,21-22,24H2,2H3/p+1/b34-18-/t25-,27-,33-,35+/m0/s1. The summed E-state index contributed by atoms with van der Waals surface area (Å²) in [7, 11) is 1.63. The summed E-state index contributed by atoms with van der Waals surface area (Å²) in [6.45, 7) is 6.13. The highest BCUT2D eigenvalue weighted by atomic mass is 16.5. The maximum atomic E-state index is 13.5. The van der Waals surface area contributed by atoms with Gasteiger partial charge in [0, 0.05) is 24.2 Å². The normalized spacial score (nSPS) is 22.1. The van der Waals surface area contributed by atoms with E-state index in [0.29, 0.717) is 23.1 Å². The molecule has 3 saturated heterocycles. The van der Waals surface area contributed by atoms with Gasteiger partial charge in [0.25, 0.3) is 0 Å². The molecule has 3 aromatic carbocycles. The summed E-state index contributed by atoms with van der Waals surface area (Å²) in [5, 5.41) is 12.0. The molecule has 4 aromatic rings. The number of aliphatic hydroxyl groups excluding tert-OH is 1. The van der Waals surface area contributed by atoms with Gasteiger partial charge in [-0.3, -0.25) is 4.90 Å². The number of hydrogen-bond acceptors (Lipinski definition) is 6. The molecule has 5 atom stereocenters. The zero-order valence-corrected chi connectivity index (χ0v) is 24.3. The Kier molecular flexibility index (Phi) is 8.43. The minimum absolute atomic E-state index is 0.0104. The van der Waals surface area contributed by atoms with Crippen molar-refractivity contribution in [3.63, 3.8) is 0 Å². The van der Waals surface area contributed by atoms with Gasteiger partial charge in [-0.15, -0.1) is 11.1 Å². The second kappa shape index (κ2) is 12.7. The molecule has 0 amide bonds. The average Bonchev–Trinajstić information content (AvgIpc) is 3.07. The monoisotopic (exact) mass is 577 g/mol. The number of ether oxygens (including phenoxy) is 3. The Balaban J connectivity index is 1.40. The third-order valence-corrected chi connectivity index (χ3v) is 8.74. The van der Waals surface area contributed by atoms with E-state index in [1.165, 1.54) is 0 Å². The first kappa shape index (κ1) is 28.5. The van der Waals surface area contributed by atoms with Crippen LogP contribution >= 0.6 is 0 Å². The summed E-state index contributed by atoms with van der Waals surface area (Å²) < 4.78 is 19.5. The summed E-state index contributed by atoms with van der Waals surface area (Å²) >= 11 is 0. The molecule has 3 aliphatic heterocycles. The van der Waals surface area contributed by atoms with Crippen molar-refractivity contribution >= 4 is 22.8 Å². The lowest BCUT2D eigenvalue weighted by Crippen LogP contribution is -2.55. The smallest absolute Gasteiger partial charge is 0.370 e. The van der Waals surface area contributed by atoms with Gasteiger partial charge in [0.15, 0.2) is 6.20 Å². The second-order valence-corrected chi connectivity index (χ2v) is 11.1. The van der Waals surface area contributed by atoms with E-state index in [0.717, 1.165) is 48.1 Å². The number of aliphatic hydroxyl groups is 1. The molecule has 0 radical (unpaired) electrons. The molecule has 1 N–H and O–H groups in total. The number of rotatable bonds is 10. The van der Waals surface area contributed by atoms with Crippen molar-refractivity contribution in [3.05, 3.63) is 121 Å². The fraction of sp³-hybridized carbons (Fsp3) is 0.278. The van der Waals surface area contributed by atoms with E-state index in [1.807, 2.05) is 79.0 Å². The molecule has 7 rings (SSSR count). The third-order valence-electron chi connectivity index (χ3n) is 8.74. The SMILES string of the molecule is C=C[C@H]1CN2CC[C@H]1C[C@H]2[C@H](OC(=O)c1ccccc1)c1cc[n+](/C(O)=C/COc2ccccc2)c2ccc(OC)cc12. The molecule has 43 heavy (non-hydrogen) atoms. The summed E-state index contributed by atoms with van der Waals surface area (Å²) in [5.41, 5.74) is 2.14. The van der Waals surface area contributed by atoms with Gasteiger partial charge in [0.2, 0.25) is 5.52 Å². The highest BCUT2D eigenvalue weighted by molar-refractivity contribution is 5.90. The molecule has 4 heterocycles. The van der Waals surface area contributed by atoms with Crippen molar-refractivity contribution in [2.45, 2.75) is 25.0 Å². The summed E-state index contributed by atoms with van der Waals surface area (Å²) in [4.78, 5) is 16.0. The Morgan fingerprint density at radius 2 is 1.84 bits per heavy atom. The van der Waals surface area contributed by atoms with Crippen molar-refractivity contribution in [2.24, 2.45) is 11.8 Å². The quantitative estimate of drug-likeness (QED) is 0.102. The molecule has 7 nitrogen and oxygen atoms in total. The number of carbonyl (C=O) groups excluding carboxylic acids is 1. The number of methoxy groups -OCH3 is 1. The van der Waals surface area contributed by atoms with Crippen LogP contribution in [0.25, 0.3) is 16.8 Å². The van der Waals surface area contributed by atoms with E-state index >= 15 is 0 Å². The molecule has 2 bridgehead atoms. The molecular weight excluding hydrogens is 540 g/mol. The van der Waals surface area contributed by atoms with Gasteiger partial charge in [-0.05, 0) is 67.6 Å². The Morgan fingerprint density at radius 3 is 2.53 bits per heavy atom. The molecule has 3 fully saturated rings. The van der Waals surface area contributed by atoms with Gasteiger partial charge in [-0.2, -0.15) is 0 Å². The van der Waals surface area contributed by atoms with Crippen LogP contribution in [-0.2, 0) is 4.74 Å². The highest BCUT2D eigenvalue weighted by Crippen LogP contribution is 2.44. The van der Waals surface area contributed by atoms with Gasteiger partial charge in [-0.1, -0.05) is 42.5 Å². The van der Waals surface area contributed by atoms with Crippen LogP contribution in [0.15, 0.2) is 110 Å². The topological polar surface area (TPSA) is 72.1 Å². The zero-order chi connectivity index (χ0) is 29.8. The van der Waals surface area contributed by atoms with Crippen molar-refractivity contribution in [1.82, 2.24) is 4.90 Å². The Morgan fingerprint density at radius 1 is 1.07 bits per heavy atom. The number of hydrogen-bond donors (Lipinski definition) is 1. The number of esters is 1. The first-order chi connectivity index (χ1) is 21.1. The van der Waals surface area contributed by atoms with Gasteiger partial charge < -0.3 is 19.3 Å². The van der Waals surface area contributed by atoms with Gasteiger partial charge >= 0.3 is 11.9 Å². The lowest BCUT2D eigenvalue weighted by Gasteiger charge is -2.51. The first-order valence-corrected chi connectivity index (χ1v) is 14.8. The predicted molar refractivity (Wildman–Crippen MR) is 166 cm³/mol. The van der Waals surface area contributed by atoms with Crippen molar-refractivity contribution < 1.29 is 28.7 Å². The van der Waals surface area contributed by atoms with E-state index in [-0.39, 0.29) is 24.5 Å². The summed E-state index contributed by atoms with van der Waals surface area (Å²) in [5.74, 6) is 2.00. The maximum Gasteiger partial charge on any atom is 0.370 e. The van der Waals surface area contributed by atoms with E-state index in [4.69, 9.17) is 14.2 Å². The fourth-order valence-electron chi connectivity index (χ4n) is 6.48. The molecule has 1 aromatic heterocycles. The number of nitrogens with zero attached hydrogens (tertiary/aromatic N) is 2. The molecular formula is C36H37N2O5+. The van der Waals surface area contributed by atoms with Gasteiger partial charge in [0.05, 0.1) is 30.2 Å². The minimum atomic E-state index is -0.530. The van der Waals surface area contributed by atoms with Gasteiger partial charge in [0.1, 0.15) is 24.2 Å². The van der Waals surface area contributed by atoms with Crippen molar-refractivity contribution in [2.75, 3.05) is 26.8 Å². The number of aromatic nitrogens is 1. The minimum Gasteiger partial charge on any atom is -0.497 e. The second-order valence-electron chi connectivity index (χ2n) is 11.1. The number of piperidine rings is 3. The van der Waals surface area contributed by atoms with Crippen LogP contribution in [0.4, 0.5) is 0 Å². The van der Waals surface area contributed by atoms with Crippen LogP contribution < -0.4 is 14.0 Å². The Bertz CT molecular complexity index is 1620. The number of fused-ring (bicyclic) bond motifs is 4. The molecule has 0 saturated carbocycles. The molecule has 220 valence electrons. The first-order valence-electron chi connectivity index (χ1n) is 14.8. The van der Waals surface area contributed by atoms with Crippen LogP contribution in [0.2, 0.25) is 0 Å². The largest absolute Gasteiger partial charge is 0.497 e. The Hall–Kier alpha value is -4.62. The third kappa shape index (κ3) is 5.99. The highest BCUT2D eigenvalue weighted by Gasteiger charge is 2.44. The van der Waals surface area contributed by atoms with Gasteiger partial charge in [-0.25, -0.2) is 4.79 Å². The van der Waals surface area contributed by atoms with Crippen molar-refractivity contribution in [3.8, 4) is 11.5 Å². The molecule has 1 unspecified atom stereocenters. The summed E-state index contributed by atoms with van der Waals surface area (Å²) in [6.07, 6.45) is 7.01. The molecule has 0 spiro atoms. The van der Waals surface area contributed by atoms with E-state index in [9.17, 15) is 9.90 Å². The van der Waals surface area contributed by atoms with Crippen LogP contribution in [0.1, 0.15) is 34.9 Å². The maximum absolute atomic E-state index is 13.5. The predicted octanol–water partition coefficient (Wildman–Crippen LogP) is 6.37. The van der Waals surface area contributed by atoms with Crippen LogP contribution in [-0.4, -0.2) is 48.8 Å². The lowest BCUT2D eigenvalue weighted by atomic mass is 9.73. The van der Waals surface area contributed by atoms with Crippen LogP contribution in [0.5, 0.6) is 11.5 Å². The fourth-order valence-corrected chi connectivity index (χ4v) is 6.48. The average molecular weight is 578 g/mol. The molecule has 0 aliphatic carbocycles. The van der Waals surface area contributed by atoms with E-state index in [1.54, 1.807) is 29.9 Å². The van der Waals surface area contributed by atoms with E-state index < -0.39 is 6.10 Å².